The van der Waals surface area contributed by atoms with Crippen molar-refractivity contribution in [1.29, 1.82) is 0 Å². The first-order valence-corrected chi connectivity index (χ1v) is 9.22. The van der Waals surface area contributed by atoms with Crippen LogP contribution in [0.5, 0.6) is 0 Å². The van der Waals surface area contributed by atoms with Crippen LogP contribution in [0.3, 0.4) is 0 Å². The minimum Gasteiger partial charge on any atom is -0.310 e. The Morgan fingerprint density at radius 1 is 1.29 bits per heavy atom. The summed E-state index contributed by atoms with van der Waals surface area (Å²) in [6.45, 7) is 2.67. The lowest BCUT2D eigenvalue weighted by Crippen LogP contribution is -2.33. The Labute approximate surface area is 126 Å². The molecule has 0 spiro atoms. The van der Waals surface area contributed by atoms with Gasteiger partial charge in [0, 0.05) is 24.8 Å². The molecule has 21 heavy (non-hydrogen) atoms. The summed E-state index contributed by atoms with van der Waals surface area (Å²) in [5.74, 6) is 0.700. The third-order valence-corrected chi connectivity index (χ3v) is 5.49. The molecular formula is C15H23N3O2S. The van der Waals surface area contributed by atoms with E-state index in [1.165, 1.54) is 25.7 Å². The fourth-order valence-corrected chi connectivity index (χ4v) is 3.64. The molecule has 2 aliphatic rings. The zero-order valence-corrected chi connectivity index (χ0v) is 13.2. The molecule has 2 N–H and O–H groups in total. The maximum atomic E-state index is 12.2. The Bertz CT molecular complexity index is 577. The van der Waals surface area contributed by atoms with Gasteiger partial charge in [0.1, 0.15) is 0 Å². The lowest BCUT2D eigenvalue weighted by atomic mass is 10.2. The second-order valence-electron chi connectivity index (χ2n) is 6.36. The first kappa shape index (κ1) is 14.9. The highest BCUT2D eigenvalue weighted by Crippen LogP contribution is 2.33. The molecule has 116 valence electrons. The van der Waals surface area contributed by atoms with E-state index < -0.39 is 10.0 Å². The Morgan fingerprint density at radius 2 is 2.05 bits per heavy atom. The fourth-order valence-electron chi connectivity index (χ4n) is 2.45. The second-order valence-corrected chi connectivity index (χ2v) is 8.02. The summed E-state index contributed by atoms with van der Waals surface area (Å²) >= 11 is 0. The number of aromatic nitrogens is 1. The summed E-state index contributed by atoms with van der Waals surface area (Å²) in [5.41, 5.74) is 1.02. The maximum absolute atomic E-state index is 12.2. The molecule has 0 radical (unpaired) electrons. The summed E-state index contributed by atoms with van der Waals surface area (Å²) < 4.78 is 27.2. The molecule has 1 aromatic heterocycles. The average molecular weight is 309 g/mol. The van der Waals surface area contributed by atoms with Gasteiger partial charge >= 0.3 is 0 Å². The van der Waals surface area contributed by atoms with Crippen molar-refractivity contribution in [3.63, 3.8) is 0 Å². The Morgan fingerprint density at radius 3 is 2.62 bits per heavy atom. The van der Waals surface area contributed by atoms with Crippen LogP contribution >= 0.6 is 0 Å². The van der Waals surface area contributed by atoms with Gasteiger partial charge in [-0.25, -0.2) is 18.1 Å². The van der Waals surface area contributed by atoms with Crippen LogP contribution in [0.25, 0.3) is 0 Å². The van der Waals surface area contributed by atoms with E-state index in [0.29, 0.717) is 12.0 Å². The van der Waals surface area contributed by atoms with Gasteiger partial charge in [-0.05, 0) is 43.7 Å². The van der Waals surface area contributed by atoms with Gasteiger partial charge in [0.05, 0.1) is 0 Å². The van der Waals surface area contributed by atoms with E-state index in [-0.39, 0.29) is 11.1 Å². The smallest absolute Gasteiger partial charge is 0.258 e. The quantitative estimate of drug-likeness (QED) is 0.768. The third-order valence-electron chi connectivity index (χ3n) is 3.99. The molecule has 2 saturated carbocycles. The largest absolute Gasteiger partial charge is 0.310 e. The summed E-state index contributed by atoms with van der Waals surface area (Å²) in [6, 6.07) is 4.04. The molecule has 1 atom stereocenters. The molecule has 6 heteroatoms. The van der Waals surface area contributed by atoms with Crippen LogP contribution in [0.1, 0.15) is 44.6 Å². The highest BCUT2D eigenvalue weighted by Gasteiger charge is 2.26. The predicted molar refractivity (Wildman–Crippen MR) is 81.2 cm³/mol. The standard InChI is InChI=1S/C15H23N3O2S/c1-11(8-12-2-3-12)18-21(19,20)15-7-4-13(10-17-15)9-16-14-5-6-14/h4,7,10-12,14,16,18H,2-3,5-6,8-9H2,1H3. The zero-order chi connectivity index (χ0) is 14.9. The third kappa shape index (κ3) is 4.49. The lowest BCUT2D eigenvalue weighted by Gasteiger charge is -2.13. The Balaban J connectivity index is 1.57. The molecule has 0 saturated heterocycles. The van der Waals surface area contributed by atoms with E-state index in [4.69, 9.17) is 0 Å². The number of nitrogens with zero attached hydrogens (tertiary/aromatic N) is 1. The van der Waals surface area contributed by atoms with Crippen molar-refractivity contribution in [2.75, 3.05) is 0 Å². The number of hydrogen-bond acceptors (Lipinski definition) is 4. The van der Waals surface area contributed by atoms with Crippen LogP contribution in [-0.4, -0.2) is 25.5 Å². The lowest BCUT2D eigenvalue weighted by molar-refractivity contribution is 0.527. The summed E-state index contributed by atoms with van der Waals surface area (Å²) in [5, 5.41) is 3.50. The topological polar surface area (TPSA) is 71.1 Å². The Kier molecular flexibility index (Phi) is 4.28. The van der Waals surface area contributed by atoms with Gasteiger partial charge in [0.15, 0.2) is 5.03 Å². The molecule has 2 fully saturated rings. The molecule has 0 amide bonds. The molecule has 1 heterocycles. The van der Waals surface area contributed by atoms with Gasteiger partial charge < -0.3 is 5.32 Å². The molecule has 3 rings (SSSR count). The summed E-state index contributed by atoms with van der Waals surface area (Å²) in [6.07, 6.45) is 7.50. The molecule has 0 aromatic carbocycles. The molecule has 1 aromatic rings. The van der Waals surface area contributed by atoms with Crippen molar-refractivity contribution in [2.45, 2.75) is 62.7 Å². The average Bonchev–Trinajstić information content (AvgIpc) is 3.31. The number of nitrogens with one attached hydrogen (secondary N) is 2. The minimum absolute atomic E-state index is 0.0273. The normalized spacial score (nSPS) is 20.4. The van der Waals surface area contributed by atoms with Gasteiger partial charge in [0.2, 0.25) is 0 Å². The van der Waals surface area contributed by atoms with Crippen molar-refractivity contribution in [3.05, 3.63) is 23.9 Å². The maximum Gasteiger partial charge on any atom is 0.258 e. The second kappa shape index (κ2) is 6.02. The van der Waals surface area contributed by atoms with E-state index in [0.717, 1.165) is 18.5 Å². The highest BCUT2D eigenvalue weighted by atomic mass is 32.2. The van der Waals surface area contributed by atoms with Crippen molar-refractivity contribution in [2.24, 2.45) is 5.92 Å². The van der Waals surface area contributed by atoms with Crippen LogP contribution in [0.4, 0.5) is 0 Å². The minimum atomic E-state index is -3.49. The number of hydrogen-bond donors (Lipinski definition) is 2. The van der Waals surface area contributed by atoms with Gasteiger partial charge in [-0.3, -0.25) is 0 Å². The van der Waals surface area contributed by atoms with Crippen LogP contribution in [0, 0.1) is 5.92 Å². The monoisotopic (exact) mass is 309 g/mol. The molecular weight excluding hydrogens is 286 g/mol. The van der Waals surface area contributed by atoms with E-state index in [1.54, 1.807) is 12.3 Å². The summed E-state index contributed by atoms with van der Waals surface area (Å²) in [4.78, 5) is 4.11. The Hall–Kier alpha value is -0.980. The molecule has 0 aliphatic heterocycles. The van der Waals surface area contributed by atoms with Crippen molar-refractivity contribution >= 4 is 10.0 Å². The predicted octanol–water partition coefficient (Wildman–Crippen LogP) is 1.80. The first-order valence-electron chi connectivity index (χ1n) is 7.73. The number of sulfonamides is 1. The molecule has 0 bridgehead atoms. The molecule has 1 unspecified atom stereocenters. The van der Waals surface area contributed by atoms with Gasteiger partial charge in [-0.2, -0.15) is 0 Å². The van der Waals surface area contributed by atoms with Gasteiger partial charge in [-0.15, -0.1) is 0 Å². The highest BCUT2D eigenvalue weighted by molar-refractivity contribution is 7.89. The van der Waals surface area contributed by atoms with Crippen LogP contribution in [0.15, 0.2) is 23.4 Å². The van der Waals surface area contributed by atoms with Crippen LogP contribution in [-0.2, 0) is 16.6 Å². The first-order chi connectivity index (χ1) is 10.0. The number of pyridine rings is 1. The van der Waals surface area contributed by atoms with Crippen molar-refractivity contribution < 1.29 is 8.42 Å². The van der Waals surface area contributed by atoms with Crippen LogP contribution in [0.2, 0.25) is 0 Å². The molecule has 5 nitrogen and oxygen atoms in total. The SMILES string of the molecule is CC(CC1CC1)NS(=O)(=O)c1ccc(CNC2CC2)cn1. The molecule has 2 aliphatic carbocycles. The van der Waals surface area contributed by atoms with Crippen molar-refractivity contribution in [3.8, 4) is 0 Å². The van der Waals surface area contributed by atoms with Crippen LogP contribution < -0.4 is 10.0 Å². The van der Waals surface area contributed by atoms with Gasteiger partial charge in [0.25, 0.3) is 10.0 Å². The van der Waals surface area contributed by atoms with Gasteiger partial charge in [-0.1, -0.05) is 18.9 Å². The zero-order valence-electron chi connectivity index (χ0n) is 12.4. The van der Waals surface area contributed by atoms with E-state index >= 15 is 0 Å². The van der Waals surface area contributed by atoms with Crippen molar-refractivity contribution in [1.82, 2.24) is 15.0 Å². The van der Waals surface area contributed by atoms with E-state index in [9.17, 15) is 8.42 Å². The summed E-state index contributed by atoms with van der Waals surface area (Å²) in [7, 11) is -3.49. The number of rotatable bonds is 8. The fraction of sp³-hybridized carbons (Fsp3) is 0.667. The van der Waals surface area contributed by atoms with E-state index in [2.05, 4.69) is 15.0 Å². The van der Waals surface area contributed by atoms with E-state index in [1.807, 2.05) is 13.0 Å².